The van der Waals surface area contributed by atoms with Gasteiger partial charge < -0.3 is 10.8 Å². The summed E-state index contributed by atoms with van der Waals surface area (Å²) < 4.78 is 0. The highest BCUT2D eigenvalue weighted by Crippen LogP contribution is 2.40. The zero-order valence-electron chi connectivity index (χ0n) is 6.77. The molecule has 0 saturated heterocycles. The van der Waals surface area contributed by atoms with Crippen LogP contribution < -0.4 is 5.73 Å². The zero-order valence-corrected chi connectivity index (χ0v) is 6.77. The number of aliphatic hydroxyl groups is 1. The van der Waals surface area contributed by atoms with Gasteiger partial charge in [0.2, 0.25) is 0 Å². The lowest BCUT2D eigenvalue weighted by molar-refractivity contribution is 0.149. The van der Waals surface area contributed by atoms with E-state index in [4.69, 9.17) is 5.73 Å². The molecule has 3 heteroatoms. The average Bonchev–Trinajstić information content (AvgIpc) is 2.87. The summed E-state index contributed by atoms with van der Waals surface area (Å²) in [6.45, 7) is 0. The Kier molecular flexibility index (Phi) is 1.73. The van der Waals surface area contributed by atoms with Crippen molar-refractivity contribution in [2.45, 2.75) is 18.9 Å². The molecule has 1 saturated carbocycles. The van der Waals surface area contributed by atoms with Crippen molar-refractivity contribution >= 4 is 5.69 Å². The summed E-state index contributed by atoms with van der Waals surface area (Å²) in [7, 11) is 0. The van der Waals surface area contributed by atoms with Crippen LogP contribution in [0.1, 0.15) is 24.6 Å². The van der Waals surface area contributed by atoms with E-state index in [2.05, 4.69) is 4.98 Å². The summed E-state index contributed by atoms with van der Waals surface area (Å²) in [4.78, 5) is 4.06. The van der Waals surface area contributed by atoms with E-state index in [1.807, 2.05) is 0 Å². The zero-order chi connectivity index (χ0) is 8.55. The number of aromatic nitrogens is 1. The van der Waals surface area contributed by atoms with Crippen LogP contribution in [0.15, 0.2) is 18.3 Å². The second-order valence-corrected chi connectivity index (χ2v) is 3.30. The second kappa shape index (κ2) is 2.75. The van der Waals surface area contributed by atoms with Gasteiger partial charge in [0, 0.05) is 0 Å². The minimum atomic E-state index is -0.384. The summed E-state index contributed by atoms with van der Waals surface area (Å²) in [5.41, 5.74) is 6.86. The first-order valence-electron chi connectivity index (χ1n) is 4.17. The highest BCUT2D eigenvalue weighted by Gasteiger charge is 2.31. The maximum absolute atomic E-state index is 9.65. The van der Waals surface area contributed by atoms with Gasteiger partial charge in [-0.3, -0.25) is 4.98 Å². The minimum absolute atomic E-state index is 0.384. The van der Waals surface area contributed by atoms with E-state index in [1.165, 1.54) is 0 Å². The van der Waals surface area contributed by atoms with Gasteiger partial charge >= 0.3 is 0 Å². The Labute approximate surface area is 71.2 Å². The number of nitrogens with zero attached hydrogens (tertiary/aromatic N) is 1. The first kappa shape index (κ1) is 7.55. The van der Waals surface area contributed by atoms with Crippen LogP contribution in [-0.4, -0.2) is 10.1 Å². The highest BCUT2D eigenvalue weighted by molar-refractivity contribution is 5.35. The number of pyridine rings is 1. The first-order valence-corrected chi connectivity index (χ1v) is 4.17. The van der Waals surface area contributed by atoms with Gasteiger partial charge in [0.25, 0.3) is 0 Å². The molecule has 1 heterocycles. The van der Waals surface area contributed by atoms with Gasteiger partial charge in [-0.25, -0.2) is 0 Å². The third-order valence-electron chi connectivity index (χ3n) is 2.18. The molecule has 1 atom stereocenters. The lowest BCUT2D eigenvalue weighted by Gasteiger charge is -2.07. The fourth-order valence-electron chi connectivity index (χ4n) is 1.25. The van der Waals surface area contributed by atoms with Crippen LogP contribution in [0.3, 0.4) is 0 Å². The van der Waals surface area contributed by atoms with Gasteiger partial charge in [0.05, 0.1) is 23.7 Å². The standard InChI is InChI=1S/C9H12N2O/c10-7-3-4-8(11-5-7)9(12)6-1-2-6/h3-6,9,12H,1-2,10H2/t9-/m1/s1. The van der Waals surface area contributed by atoms with Crippen molar-refractivity contribution in [2.24, 2.45) is 5.92 Å². The molecule has 1 aromatic rings. The molecule has 64 valence electrons. The number of aliphatic hydroxyl groups excluding tert-OH is 1. The fourth-order valence-corrected chi connectivity index (χ4v) is 1.25. The average molecular weight is 164 g/mol. The summed E-state index contributed by atoms with van der Waals surface area (Å²) in [5.74, 6) is 0.432. The van der Waals surface area contributed by atoms with Crippen molar-refractivity contribution in [2.75, 3.05) is 5.73 Å². The predicted octanol–water partition coefficient (Wildman–Crippen LogP) is 1.11. The molecule has 12 heavy (non-hydrogen) atoms. The van der Waals surface area contributed by atoms with Gasteiger partial charge in [-0.1, -0.05) is 0 Å². The van der Waals surface area contributed by atoms with Crippen LogP contribution >= 0.6 is 0 Å². The third kappa shape index (κ3) is 1.41. The lowest BCUT2D eigenvalue weighted by atomic mass is 10.1. The molecule has 1 aliphatic carbocycles. The van der Waals surface area contributed by atoms with E-state index in [0.29, 0.717) is 11.6 Å². The van der Waals surface area contributed by atoms with Gasteiger partial charge in [-0.15, -0.1) is 0 Å². The molecule has 3 N–H and O–H groups in total. The van der Waals surface area contributed by atoms with Crippen LogP contribution in [-0.2, 0) is 0 Å². The summed E-state index contributed by atoms with van der Waals surface area (Å²) in [6.07, 6.45) is 3.44. The number of rotatable bonds is 2. The number of anilines is 1. The maximum Gasteiger partial charge on any atom is 0.0987 e. The summed E-state index contributed by atoms with van der Waals surface area (Å²) in [6, 6.07) is 3.56. The third-order valence-corrected chi connectivity index (χ3v) is 2.18. The SMILES string of the molecule is Nc1ccc([C@H](O)C2CC2)nc1. The molecule has 1 aromatic heterocycles. The molecule has 2 rings (SSSR count). The van der Waals surface area contributed by atoms with E-state index in [0.717, 1.165) is 18.5 Å². The number of nitrogens with two attached hydrogens (primary N) is 1. The largest absolute Gasteiger partial charge is 0.397 e. The Balaban J connectivity index is 2.16. The van der Waals surface area contributed by atoms with Crippen LogP contribution in [0.25, 0.3) is 0 Å². The molecular weight excluding hydrogens is 152 g/mol. The van der Waals surface area contributed by atoms with Crippen molar-refractivity contribution in [1.29, 1.82) is 0 Å². The number of nitrogen functional groups attached to an aromatic ring is 1. The fraction of sp³-hybridized carbons (Fsp3) is 0.444. The molecule has 0 aliphatic heterocycles. The van der Waals surface area contributed by atoms with Crippen LogP contribution in [0.2, 0.25) is 0 Å². The summed E-state index contributed by atoms with van der Waals surface area (Å²) in [5, 5.41) is 9.65. The Morgan fingerprint density at radius 1 is 1.50 bits per heavy atom. The van der Waals surface area contributed by atoms with Crippen molar-refractivity contribution in [3.63, 3.8) is 0 Å². The predicted molar refractivity (Wildman–Crippen MR) is 46.3 cm³/mol. The van der Waals surface area contributed by atoms with Crippen LogP contribution in [0.5, 0.6) is 0 Å². The Hall–Kier alpha value is -1.09. The van der Waals surface area contributed by atoms with Crippen LogP contribution in [0, 0.1) is 5.92 Å². The van der Waals surface area contributed by atoms with E-state index >= 15 is 0 Å². The van der Waals surface area contributed by atoms with E-state index in [-0.39, 0.29) is 6.10 Å². The quantitative estimate of drug-likeness (QED) is 0.688. The van der Waals surface area contributed by atoms with Gasteiger partial charge in [0.15, 0.2) is 0 Å². The topological polar surface area (TPSA) is 59.1 Å². The first-order chi connectivity index (χ1) is 5.77. The lowest BCUT2D eigenvalue weighted by Crippen LogP contribution is -2.02. The van der Waals surface area contributed by atoms with E-state index in [1.54, 1.807) is 18.3 Å². The molecule has 0 spiro atoms. The number of hydrogen-bond acceptors (Lipinski definition) is 3. The monoisotopic (exact) mass is 164 g/mol. The molecule has 0 bridgehead atoms. The minimum Gasteiger partial charge on any atom is -0.397 e. The second-order valence-electron chi connectivity index (χ2n) is 3.30. The Bertz CT molecular complexity index is 266. The molecule has 0 aromatic carbocycles. The van der Waals surface area contributed by atoms with Crippen LogP contribution in [0.4, 0.5) is 5.69 Å². The van der Waals surface area contributed by atoms with Gasteiger partial charge in [-0.05, 0) is 30.9 Å². The highest BCUT2D eigenvalue weighted by atomic mass is 16.3. The van der Waals surface area contributed by atoms with Crippen molar-refractivity contribution < 1.29 is 5.11 Å². The molecule has 0 amide bonds. The van der Waals surface area contributed by atoms with Gasteiger partial charge in [-0.2, -0.15) is 0 Å². The molecule has 0 unspecified atom stereocenters. The normalized spacial score (nSPS) is 19.1. The number of hydrogen-bond donors (Lipinski definition) is 2. The van der Waals surface area contributed by atoms with Crippen molar-refractivity contribution in [3.8, 4) is 0 Å². The van der Waals surface area contributed by atoms with Crippen molar-refractivity contribution in [3.05, 3.63) is 24.0 Å². The molecule has 0 radical (unpaired) electrons. The molecule has 1 fully saturated rings. The van der Waals surface area contributed by atoms with E-state index in [9.17, 15) is 5.11 Å². The van der Waals surface area contributed by atoms with E-state index < -0.39 is 0 Å². The molecule has 1 aliphatic rings. The maximum atomic E-state index is 9.65. The Morgan fingerprint density at radius 2 is 2.25 bits per heavy atom. The summed E-state index contributed by atoms with van der Waals surface area (Å²) >= 11 is 0. The Morgan fingerprint density at radius 3 is 2.75 bits per heavy atom. The van der Waals surface area contributed by atoms with Gasteiger partial charge in [0.1, 0.15) is 0 Å². The molecule has 3 nitrogen and oxygen atoms in total. The molecular formula is C9H12N2O. The smallest absolute Gasteiger partial charge is 0.0987 e. The van der Waals surface area contributed by atoms with Crippen molar-refractivity contribution in [1.82, 2.24) is 4.98 Å².